The number of benzene rings is 2. The third kappa shape index (κ3) is 4.33. The van der Waals surface area contributed by atoms with Gasteiger partial charge in [-0.25, -0.2) is 0 Å². The average molecular weight is 453 g/mol. The molecule has 0 radical (unpaired) electrons. The van der Waals surface area contributed by atoms with Gasteiger partial charge in [-0.3, -0.25) is 4.90 Å². The molecule has 0 bridgehead atoms. The Labute approximate surface area is 195 Å². The zero-order valence-electron chi connectivity index (χ0n) is 20.0. The summed E-state index contributed by atoms with van der Waals surface area (Å²) in [6, 6.07) is 14.4. The van der Waals surface area contributed by atoms with E-state index in [1.807, 2.05) is 18.2 Å². The van der Waals surface area contributed by atoms with Gasteiger partial charge in [0, 0.05) is 37.1 Å². The summed E-state index contributed by atoms with van der Waals surface area (Å²) in [6.45, 7) is 2.64. The number of methoxy groups -OCH3 is 5. The molecule has 0 fully saturated rings. The Kier molecular flexibility index (Phi) is 6.99. The topological polar surface area (TPSA) is 54.3 Å². The zero-order valence-corrected chi connectivity index (χ0v) is 20.0. The fraction of sp³-hybridized carbons (Fsp3) is 0.385. The van der Waals surface area contributed by atoms with Crippen molar-refractivity contribution in [2.24, 2.45) is 0 Å². The molecule has 1 aliphatic rings. The van der Waals surface area contributed by atoms with Crippen LogP contribution in [0.5, 0.6) is 28.7 Å². The van der Waals surface area contributed by atoms with Crippen LogP contribution in [-0.4, -0.2) is 51.6 Å². The van der Waals surface area contributed by atoms with Crippen molar-refractivity contribution in [3.63, 3.8) is 0 Å². The van der Waals surface area contributed by atoms with Gasteiger partial charge in [-0.2, -0.15) is 0 Å². The molecule has 0 N–H and O–H groups in total. The molecule has 4 rings (SSSR count). The molecule has 1 atom stereocenters. The third-order valence-corrected chi connectivity index (χ3v) is 6.22. The number of aromatic nitrogens is 1. The van der Waals surface area contributed by atoms with Gasteiger partial charge in [-0.15, -0.1) is 0 Å². The van der Waals surface area contributed by atoms with Crippen molar-refractivity contribution in [3.05, 3.63) is 65.5 Å². The first-order chi connectivity index (χ1) is 16.1. The van der Waals surface area contributed by atoms with Crippen LogP contribution >= 0.6 is 0 Å². The molecule has 0 saturated carbocycles. The van der Waals surface area contributed by atoms with E-state index in [-0.39, 0.29) is 6.04 Å². The Morgan fingerprint density at radius 1 is 0.758 bits per heavy atom. The average Bonchev–Trinajstić information content (AvgIpc) is 3.24. The first-order valence-corrected chi connectivity index (χ1v) is 11.0. The smallest absolute Gasteiger partial charge is 0.203 e. The molecule has 1 unspecified atom stereocenters. The molecule has 0 aliphatic carbocycles. The van der Waals surface area contributed by atoms with Gasteiger partial charge in [0.15, 0.2) is 23.0 Å². The van der Waals surface area contributed by atoms with E-state index in [1.54, 1.807) is 35.5 Å². The van der Waals surface area contributed by atoms with Crippen LogP contribution in [0.2, 0.25) is 0 Å². The number of rotatable bonds is 8. The molecular formula is C26H32N2O5. The molecule has 176 valence electrons. The lowest BCUT2D eigenvalue weighted by Crippen LogP contribution is -2.30. The second-order valence-electron chi connectivity index (χ2n) is 7.97. The van der Waals surface area contributed by atoms with Gasteiger partial charge in [0.1, 0.15) is 0 Å². The summed E-state index contributed by atoms with van der Waals surface area (Å²) >= 11 is 0. The summed E-state index contributed by atoms with van der Waals surface area (Å²) < 4.78 is 30.4. The standard InChI is InChI=1S/C26H32N2O5/c1-29-21-11-9-18(16-23(21)31-3)17-28-15-7-14-27-13-6-8-20(27)24(28)19-10-12-22(30-2)26(33-5)25(19)32-4/h6,8-13,16,24H,7,14-15,17H2,1-5H3. The van der Waals surface area contributed by atoms with E-state index in [9.17, 15) is 0 Å². The highest BCUT2D eigenvalue weighted by molar-refractivity contribution is 5.58. The maximum atomic E-state index is 5.88. The Balaban J connectivity index is 1.81. The van der Waals surface area contributed by atoms with Crippen LogP contribution in [0.15, 0.2) is 48.7 Å². The van der Waals surface area contributed by atoms with E-state index in [0.29, 0.717) is 17.2 Å². The largest absolute Gasteiger partial charge is 0.493 e. The number of aryl methyl sites for hydroxylation is 1. The summed E-state index contributed by atoms with van der Waals surface area (Å²) in [5.74, 6) is 3.39. The highest BCUT2D eigenvalue weighted by Gasteiger charge is 2.32. The molecule has 3 aromatic rings. The SMILES string of the molecule is COc1ccc(CN2CCCn3cccc3C2c2ccc(OC)c(OC)c2OC)cc1OC. The van der Waals surface area contributed by atoms with E-state index < -0.39 is 0 Å². The van der Waals surface area contributed by atoms with Crippen molar-refractivity contribution in [2.75, 3.05) is 42.1 Å². The molecule has 7 nitrogen and oxygen atoms in total. The quantitative estimate of drug-likeness (QED) is 0.501. The molecule has 0 amide bonds. The van der Waals surface area contributed by atoms with E-state index in [1.165, 1.54) is 5.69 Å². The van der Waals surface area contributed by atoms with Crippen LogP contribution in [0, 0.1) is 0 Å². The van der Waals surface area contributed by atoms with E-state index in [4.69, 9.17) is 23.7 Å². The lowest BCUT2D eigenvalue weighted by molar-refractivity contribution is 0.214. The maximum Gasteiger partial charge on any atom is 0.203 e. The maximum absolute atomic E-state index is 5.88. The van der Waals surface area contributed by atoms with Gasteiger partial charge in [-0.1, -0.05) is 6.07 Å². The molecule has 2 heterocycles. The summed E-state index contributed by atoms with van der Waals surface area (Å²) in [5.41, 5.74) is 3.41. The van der Waals surface area contributed by atoms with Crippen LogP contribution in [0.25, 0.3) is 0 Å². The minimum Gasteiger partial charge on any atom is -0.493 e. The first kappa shape index (κ1) is 22.9. The Morgan fingerprint density at radius 3 is 2.18 bits per heavy atom. The lowest BCUT2D eigenvalue weighted by atomic mass is 9.99. The first-order valence-electron chi connectivity index (χ1n) is 11.0. The minimum absolute atomic E-state index is 0.0228. The molecule has 2 aromatic carbocycles. The van der Waals surface area contributed by atoms with Gasteiger partial charge in [0.2, 0.25) is 5.75 Å². The summed E-state index contributed by atoms with van der Waals surface area (Å²) in [5, 5.41) is 0. The second kappa shape index (κ2) is 10.1. The fourth-order valence-electron chi connectivity index (χ4n) is 4.72. The predicted octanol–water partition coefficient (Wildman–Crippen LogP) is 4.53. The number of hydrogen-bond donors (Lipinski definition) is 0. The molecular weight excluding hydrogens is 420 g/mol. The van der Waals surface area contributed by atoms with Crippen molar-refractivity contribution in [3.8, 4) is 28.7 Å². The van der Waals surface area contributed by atoms with Crippen LogP contribution in [0.1, 0.15) is 29.3 Å². The van der Waals surface area contributed by atoms with Gasteiger partial charge >= 0.3 is 0 Å². The summed E-state index contributed by atoms with van der Waals surface area (Å²) in [6.07, 6.45) is 3.19. The second-order valence-corrected chi connectivity index (χ2v) is 7.97. The third-order valence-electron chi connectivity index (χ3n) is 6.22. The van der Waals surface area contributed by atoms with Gasteiger partial charge < -0.3 is 28.3 Å². The Bertz CT molecular complexity index is 1090. The fourth-order valence-corrected chi connectivity index (χ4v) is 4.72. The normalized spacial score (nSPS) is 16.0. The molecule has 1 aromatic heterocycles. The van der Waals surface area contributed by atoms with Gasteiger partial charge in [0.25, 0.3) is 0 Å². The monoisotopic (exact) mass is 452 g/mol. The number of ether oxygens (including phenoxy) is 5. The predicted molar refractivity (Wildman–Crippen MR) is 127 cm³/mol. The van der Waals surface area contributed by atoms with Gasteiger partial charge in [0.05, 0.1) is 41.6 Å². The molecule has 0 saturated heterocycles. The van der Waals surface area contributed by atoms with Crippen molar-refractivity contribution >= 4 is 0 Å². The number of nitrogens with zero attached hydrogens (tertiary/aromatic N) is 2. The van der Waals surface area contributed by atoms with Crippen LogP contribution < -0.4 is 23.7 Å². The molecule has 33 heavy (non-hydrogen) atoms. The van der Waals surface area contributed by atoms with E-state index in [2.05, 4.69) is 39.9 Å². The summed E-state index contributed by atoms with van der Waals surface area (Å²) in [4.78, 5) is 2.48. The Morgan fingerprint density at radius 2 is 1.48 bits per heavy atom. The molecule has 1 aliphatic heterocycles. The molecule has 7 heteroatoms. The number of hydrogen-bond acceptors (Lipinski definition) is 6. The van der Waals surface area contributed by atoms with Crippen molar-refractivity contribution in [1.82, 2.24) is 9.47 Å². The van der Waals surface area contributed by atoms with Gasteiger partial charge in [-0.05, 0) is 48.4 Å². The van der Waals surface area contributed by atoms with E-state index >= 15 is 0 Å². The van der Waals surface area contributed by atoms with Crippen molar-refractivity contribution < 1.29 is 23.7 Å². The van der Waals surface area contributed by atoms with Crippen molar-refractivity contribution in [1.29, 1.82) is 0 Å². The molecule has 0 spiro atoms. The zero-order chi connectivity index (χ0) is 23.4. The number of fused-ring (bicyclic) bond motifs is 1. The lowest BCUT2D eigenvalue weighted by Gasteiger charge is -2.32. The van der Waals surface area contributed by atoms with Crippen LogP contribution in [0.3, 0.4) is 0 Å². The minimum atomic E-state index is -0.0228. The summed E-state index contributed by atoms with van der Waals surface area (Å²) in [7, 11) is 8.27. The van der Waals surface area contributed by atoms with Crippen LogP contribution in [0.4, 0.5) is 0 Å². The highest BCUT2D eigenvalue weighted by Crippen LogP contribution is 2.46. The van der Waals surface area contributed by atoms with E-state index in [0.717, 1.165) is 48.7 Å². The Hall–Kier alpha value is -3.32. The van der Waals surface area contributed by atoms with Crippen molar-refractivity contribution in [2.45, 2.75) is 25.6 Å². The highest BCUT2D eigenvalue weighted by atomic mass is 16.5. The van der Waals surface area contributed by atoms with Crippen LogP contribution in [-0.2, 0) is 13.1 Å².